The van der Waals surface area contributed by atoms with Crippen LogP contribution in [0.3, 0.4) is 0 Å². The molecule has 6 amide bonds. The molecule has 14 heteroatoms. The van der Waals surface area contributed by atoms with Crippen LogP contribution in [-0.2, 0) is 33.6 Å². The fraction of sp³-hybridized carbons (Fsp3) is 0.806. The van der Waals surface area contributed by atoms with Crippen LogP contribution in [0.25, 0.3) is 0 Å². The van der Waals surface area contributed by atoms with Gasteiger partial charge in [0, 0.05) is 11.0 Å². The van der Waals surface area contributed by atoms with Crippen LogP contribution in [-0.4, -0.2) is 77.2 Å². The van der Waals surface area contributed by atoms with Gasteiger partial charge >= 0.3 is 5.97 Å². The lowest BCUT2D eigenvalue weighted by Crippen LogP contribution is -2.67. The molecule has 2 unspecified atom stereocenters. The van der Waals surface area contributed by atoms with Gasteiger partial charge in [-0.15, -0.1) is 0 Å². The second kappa shape index (κ2) is 13.8. The van der Waals surface area contributed by atoms with Crippen molar-refractivity contribution in [2.45, 2.75) is 121 Å². The van der Waals surface area contributed by atoms with Gasteiger partial charge in [0.2, 0.25) is 35.4 Å². The number of aliphatic carboxylic acids is 1. The Morgan fingerprint density at radius 2 is 1.22 bits per heavy atom. The van der Waals surface area contributed by atoms with Crippen LogP contribution < -0.4 is 32.3 Å². The predicted octanol–water partition coefficient (Wildman–Crippen LogP) is 0.866. The first-order valence-corrected chi connectivity index (χ1v) is 18.5. The number of hydrogen-bond donors (Lipinski definition) is 7. The molecule has 14 nitrogen and oxygen atoms in total. The second-order valence-corrected chi connectivity index (χ2v) is 17.4. The molecule has 50 heavy (non-hydrogen) atoms. The molecule has 8 aliphatic rings. The Hall–Kier alpha value is -3.71. The largest absolute Gasteiger partial charge is 0.481 e. The first-order chi connectivity index (χ1) is 23.6. The molecule has 8 rings (SSSR count). The van der Waals surface area contributed by atoms with Gasteiger partial charge in [-0.1, -0.05) is 13.8 Å². The van der Waals surface area contributed by atoms with Gasteiger partial charge in [-0.3, -0.25) is 33.6 Å². The Balaban J connectivity index is 0.981. The van der Waals surface area contributed by atoms with Gasteiger partial charge in [-0.25, -0.2) is 0 Å². The van der Waals surface area contributed by atoms with E-state index < -0.39 is 71.7 Å². The number of carbonyl (C=O) groups excluding carboxylic acids is 6. The van der Waals surface area contributed by atoms with Gasteiger partial charge in [0.15, 0.2) is 0 Å². The number of nitrogens with two attached hydrogens (primary N) is 1. The van der Waals surface area contributed by atoms with E-state index in [0.29, 0.717) is 42.4 Å². The number of primary amides is 1. The quantitative estimate of drug-likeness (QED) is 0.130. The molecule has 0 saturated heterocycles. The number of nitrogens with one attached hydrogen (secondary N) is 5. The van der Waals surface area contributed by atoms with Crippen molar-refractivity contribution in [1.29, 1.82) is 0 Å². The SMILES string of the molecule is CC(C)C[C@H](NC(=O)CNC(=O)CNC(=O)[C@H](CC(=O)O)NC(=O)C12CC3CC(CC(C3)C1)C2)C(=O)NC12C[C@H]3C[C@@H](C1)CC(C(N)=O)(C3)C2. The van der Waals surface area contributed by atoms with E-state index in [1.165, 1.54) is 0 Å². The van der Waals surface area contributed by atoms with Crippen LogP contribution in [0.1, 0.15) is 104 Å². The molecule has 0 aromatic heterocycles. The highest BCUT2D eigenvalue weighted by Crippen LogP contribution is 2.62. The van der Waals surface area contributed by atoms with E-state index in [-0.39, 0.29) is 23.6 Å². The molecule has 0 aliphatic heterocycles. The second-order valence-electron chi connectivity index (χ2n) is 17.4. The van der Waals surface area contributed by atoms with Crippen molar-refractivity contribution >= 4 is 41.4 Å². The zero-order chi connectivity index (χ0) is 36.0. The van der Waals surface area contributed by atoms with Gasteiger partial charge in [0.25, 0.3) is 0 Å². The highest BCUT2D eigenvalue weighted by Gasteiger charge is 2.61. The molecule has 0 aromatic rings. The van der Waals surface area contributed by atoms with E-state index in [4.69, 9.17) is 5.73 Å². The minimum absolute atomic E-state index is 0.0753. The number of carboxylic acids is 1. The maximum atomic E-state index is 13.6. The summed E-state index contributed by atoms with van der Waals surface area (Å²) >= 11 is 0. The maximum absolute atomic E-state index is 13.6. The summed E-state index contributed by atoms with van der Waals surface area (Å²) in [4.78, 5) is 89.7. The third-order valence-corrected chi connectivity index (χ3v) is 12.7. The Morgan fingerprint density at radius 3 is 1.76 bits per heavy atom. The van der Waals surface area contributed by atoms with Crippen molar-refractivity contribution in [2.24, 2.45) is 52.1 Å². The van der Waals surface area contributed by atoms with Gasteiger partial charge in [0.1, 0.15) is 12.1 Å². The summed E-state index contributed by atoms with van der Waals surface area (Å²) in [5.74, 6) is -2.02. The van der Waals surface area contributed by atoms with Crippen LogP contribution in [0.15, 0.2) is 0 Å². The highest BCUT2D eigenvalue weighted by molar-refractivity contribution is 5.95. The van der Waals surface area contributed by atoms with E-state index in [2.05, 4.69) is 26.6 Å². The Morgan fingerprint density at radius 1 is 0.680 bits per heavy atom. The lowest BCUT2D eigenvalue weighted by atomic mass is 9.46. The van der Waals surface area contributed by atoms with Crippen LogP contribution in [0, 0.1) is 46.3 Å². The average molecular weight is 699 g/mol. The summed E-state index contributed by atoms with van der Waals surface area (Å²) in [6, 6.07) is -2.20. The molecule has 8 fully saturated rings. The molecule has 8 aliphatic carbocycles. The first kappa shape index (κ1) is 36.1. The zero-order valence-corrected chi connectivity index (χ0v) is 29.3. The van der Waals surface area contributed by atoms with Crippen molar-refractivity contribution in [2.75, 3.05) is 13.1 Å². The predicted molar refractivity (Wildman–Crippen MR) is 179 cm³/mol. The van der Waals surface area contributed by atoms with E-state index in [1.54, 1.807) is 0 Å². The van der Waals surface area contributed by atoms with Gasteiger partial charge in [-0.2, -0.15) is 0 Å². The monoisotopic (exact) mass is 698 g/mol. The topological polar surface area (TPSA) is 226 Å². The first-order valence-electron chi connectivity index (χ1n) is 18.5. The summed E-state index contributed by atoms with van der Waals surface area (Å²) in [7, 11) is 0. The molecule has 0 aromatic carbocycles. The molecular weight excluding hydrogens is 644 g/mol. The number of rotatable bonds is 15. The maximum Gasteiger partial charge on any atom is 0.305 e. The molecule has 8 bridgehead atoms. The summed E-state index contributed by atoms with van der Waals surface area (Å²) in [5.41, 5.74) is 4.17. The molecule has 0 heterocycles. The van der Waals surface area contributed by atoms with Gasteiger partial charge in [0.05, 0.1) is 24.9 Å². The number of amides is 6. The van der Waals surface area contributed by atoms with Crippen molar-refractivity contribution in [3.05, 3.63) is 0 Å². The van der Waals surface area contributed by atoms with Crippen LogP contribution >= 0.6 is 0 Å². The summed E-state index contributed by atoms with van der Waals surface area (Å²) in [6.07, 6.45) is 10.1. The Kier molecular flexibility index (Phi) is 9.95. The van der Waals surface area contributed by atoms with Crippen LogP contribution in [0.2, 0.25) is 0 Å². The van der Waals surface area contributed by atoms with Crippen molar-refractivity contribution in [1.82, 2.24) is 26.6 Å². The van der Waals surface area contributed by atoms with E-state index >= 15 is 0 Å². The van der Waals surface area contributed by atoms with E-state index in [0.717, 1.165) is 70.6 Å². The molecular formula is C36H54N6O8. The zero-order valence-electron chi connectivity index (χ0n) is 29.3. The fourth-order valence-electron chi connectivity index (χ4n) is 11.6. The third-order valence-electron chi connectivity index (χ3n) is 12.7. The van der Waals surface area contributed by atoms with Crippen LogP contribution in [0.5, 0.6) is 0 Å². The summed E-state index contributed by atoms with van der Waals surface area (Å²) < 4.78 is 0. The van der Waals surface area contributed by atoms with E-state index in [1.807, 2.05) is 13.8 Å². The summed E-state index contributed by atoms with van der Waals surface area (Å²) in [6.45, 7) is 2.90. The highest BCUT2D eigenvalue weighted by atomic mass is 16.4. The molecule has 8 saturated carbocycles. The molecule has 6 atom stereocenters. The minimum Gasteiger partial charge on any atom is -0.481 e. The normalized spacial score (nSPS) is 35.5. The fourth-order valence-corrected chi connectivity index (χ4v) is 11.6. The van der Waals surface area contributed by atoms with E-state index in [9.17, 15) is 38.7 Å². The lowest BCUT2D eigenvalue weighted by molar-refractivity contribution is -0.151. The minimum atomic E-state index is -1.34. The Bertz CT molecular complexity index is 1380. The van der Waals surface area contributed by atoms with Crippen molar-refractivity contribution in [3.63, 3.8) is 0 Å². The average Bonchev–Trinajstić information content (AvgIpc) is 3.00. The molecule has 276 valence electrons. The standard InChI is InChI=1S/C36H54N6O8/c1-19(2)3-25(31(48)42-36-14-23-7-24(15-36)13-35(12-23,18-36)32(37)49)40-28(44)17-38-27(43)16-39-30(47)26(8-29(45)46)41-33(50)34-9-20-4-21(10-34)6-22(5-20)11-34/h19-26H,3-18H2,1-2H3,(H2,37,49)(H,38,43)(H,39,47)(H,40,44)(H,41,50)(H,42,48)(H,45,46)/t20?,21?,22?,23-,24+,25-,26-,34?,35?,36?/m0/s1. The lowest BCUT2D eigenvalue weighted by Gasteiger charge is -2.61. The molecule has 0 spiro atoms. The summed E-state index contributed by atoms with van der Waals surface area (Å²) in [5, 5.41) is 22.9. The van der Waals surface area contributed by atoms with Gasteiger partial charge in [-0.05, 0) is 119 Å². The number of hydrogen-bond acceptors (Lipinski definition) is 7. The van der Waals surface area contributed by atoms with Gasteiger partial charge < -0.3 is 37.4 Å². The third kappa shape index (κ3) is 7.63. The smallest absolute Gasteiger partial charge is 0.305 e. The molecule has 8 N–H and O–H groups in total. The van der Waals surface area contributed by atoms with Crippen molar-refractivity contribution < 1.29 is 38.7 Å². The van der Waals surface area contributed by atoms with Crippen LogP contribution in [0.4, 0.5) is 0 Å². The molecule has 0 radical (unpaired) electrons. The van der Waals surface area contributed by atoms with Crippen molar-refractivity contribution in [3.8, 4) is 0 Å². The number of carboxylic acid groups (broad SMARTS) is 1. The number of carbonyl (C=O) groups is 7. The Labute approximate surface area is 292 Å².